The van der Waals surface area contributed by atoms with Crippen LogP contribution < -0.4 is 16.1 Å². The van der Waals surface area contributed by atoms with Gasteiger partial charge in [0.25, 0.3) is 0 Å². The fourth-order valence-corrected chi connectivity index (χ4v) is 4.42. The van der Waals surface area contributed by atoms with Crippen molar-refractivity contribution in [2.24, 2.45) is 5.92 Å². The van der Waals surface area contributed by atoms with Crippen molar-refractivity contribution in [2.75, 3.05) is 13.1 Å². The van der Waals surface area contributed by atoms with Crippen molar-refractivity contribution in [1.82, 2.24) is 21.1 Å². The maximum absolute atomic E-state index is 13.1. The summed E-state index contributed by atoms with van der Waals surface area (Å²) >= 11 is 0. The van der Waals surface area contributed by atoms with Gasteiger partial charge >= 0.3 is 6.18 Å². The number of piperidine rings is 1. The molecule has 4 rings (SSSR count). The summed E-state index contributed by atoms with van der Waals surface area (Å²) in [7, 11) is 0. The second-order valence-corrected chi connectivity index (χ2v) is 7.48. The fraction of sp³-hybridized carbons (Fsp3) is 0.526. The van der Waals surface area contributed by atoms with E-state index in [1.807, 2.05) is 11.9 Å². The lowest BCUT2D eigenvalue weighted by atomic mass is 9.88. The predicted molar refractivity (Wildman–Crippen MR) is 94.2 cm³/mol. The monoisotopic (exact) mass is 380 g/mol. The molecule has 3 aliphatic rings. The van der Waals surface area contributed by atoms with E-state index in [0.717, 1.165) is 37.7 Å². The number of allylic oxidation sites excluding steroid dienone is 1. The lowest BCUT2D eigenvalue weighted by Gasteiger charge is -2.39. The van der Waals surface area contributed by atoms with Gasteiger partial charge in [-0.25, -0.2) is 5.43 Å². The number of halogens is 3. The lowest BCUT2D eigenvalue weighted by molar-refractivity contribution is -0.137. The van der Waals surface area contributed by atoms with E-state index in [0.29, 0.717) is 5.56 Å². The summed E-state index contributed by atoms with van der Waals surface area (Å²) in [6, 6.07) is 5.30. The van der Waals surface area contributed by atoms with Crippen LogP contribution in [0.1, 0.15) is 36.8 Å². The average Bonchev–Trinajstić information content (AvgIpc) is 2.97. The van der Waals surface area contributed by atoms with Gasteiger partial charge in [-0.05, 0) is 44.5 Å². The van der Waals surface area contributed by atoms with Gasteiger partial charge in [-0.1, -0.05) is 18.2 Å². The number of hydrogen-bond acceptors (Lipinski definition) is 4. The van der Waals surface area contributed by atoms with Crippen LogP contribution in [0.25, 0.3) is 0 Å². The molecule has 0 aromatic heterocycles. The first kappa shape index (κ1) is 18.3. The van der Waals surface area contributed by atoms with Crippen molar-refractivity contribution >= 4 is 5.91 Å². The first-order valence-corrected chi connectivity index (χ1v) is 9.30. The first-order chi connectivity index (χ1) is 12.8. The molecule has 1 aromatic rings. The number of nitrogens with zero attached hydrogens (tertiary/aromatic N) is 1. The van der Waals surface area contributed by atoms with Crippen LogP contribution in [-0.2, 0) is 11.0 Å². The van der Waals surface area contributed by atoms with Crippen molar-refractivity contribution in [1.29, 1.82) is 0 Å². The summed E-state index contributed by atoms with van der Waals surface area (Å²) in [5.74, 6) is -0.195. The average molecular weight is 380 g/mol. The highest BCUT2D eigenvalue weighted by Gasteiger charge is 2.46. The van der Waals surface area contributed by atoms with Crippen molar-refractivity contribution in [3.05, 3.63) is 47.2 Å². The van der Waals surface area contributed by atoms with E-state index >= 15 is 0 Å². The Balaban J connectivity index is 1.65. The standard InChI is InChI=1S/C19H23F3N4O/c1-11-17(13-3-2-4-14(9-13)19(20,21)22)18-24-16(27)10-15(26(18)25-11)12-5-7-23-8-6-12/h2-4,9-12,17-18,23,25H,5-8H2,1H3,(H,24,27). The van der Waals surface area contributed by atoms with Crippen LogP contribution in [-0.4, -0.2) is 36.2 Å². The molecular formula is C19H23F3N4O. The third-order valence-corrected chi connectivity index (χ3v) is 5.70. The van der Waals surface area contributed by atoms with E-state index in [1.54, 1.807) is 12.1 Å². The minimum Gasteiger partial charge on any atom is -0.330 e. The summed E-state index contributed by atoms with van der Waals surface area (Å²) in [6.07, 6.45) is -1.29. The van der Waals surface area contributed by atoms with Gasteiger partial charge in [-0.2, -0.15) is 13.2 Å². The smallest absolute Gasteiger partial charge is 0.330 e. The molecule has 146 valence electrons. The van der Waals surface area contributed by atoms with Crippen molar-refractivity contribution in [3.63, 3.8) is 0 Å². The minimum atomic E-state index is -4.39. The molecule has 2 fully saturated rings. The molecule has 3 atom stereocenters. The van der Waals surface area contributed by atoms with E-state index in [4.69, 9.17) is 0 Å². The highest BCUT2D eigenvalue weighted by atomic mass is 19.4. The van der Waals surface area contributed by atoms with E-state index in [9.17, 15) is 18.0 Å². The molecule has 0 saturated carbocycles. The molecule has 0 bridgehead atoms. The van der Waals surface area contributed by atoms with E-state index in [2.05, 4.69) is 16.1 Å². The molecule has 5 nitrogen and oxygen atoms in total. The van der Waals surface area contributed by atoms with Gasteiger partial charge in [0.1, 0.15) is 6.17 Å². The van der Waals surface area contributed by atoms with Gasteiger partial charge < -0.3 is 10.6 Å². The maximum atomic E-state index is 13.1. The Labute approximate surface area is 156 Å². The van der Waals surface area contributed by atoms with Crippen molar-refractivity contribution in [2.45, 2.75) is 44.1 Å². The van der Waals surface area contributed by atoms with Crippen LogP contribution in [0.2, 0.25) is 0 Å². The molecule has 3 unspecified atom stereocenters. The summed E-state index contributed by atoms with van der Waals surface area (Å²) in [4.78, 5) is 12.3. The molecule has 0 spiro atoms. The zero-order chi connectivity index (χ0) is 19.2. The van der Waals surface area contributed by atoms with Gasteiger partial charge in [-0.3, -0.25) is 9.80 Å². The van der Waals surface area contributed by atoms with Crippen molar-refractivity contribution in [3.8, 4) is 0 Å². The quantitative estimate of drug-likeness (QED) is 0.737. The van der Waals surface area contributed by atoms with E-state index in [1.165, 1.54) is 12.1 Å². The molecule has 1 aromatic carbocycles. The van der Waals surface area contributed by atoms with Crippen LogP contribution in [0.15, 0.2) is 36.0 Å². The number of hydrogen-bond donors (Lipinski definition) is 3. The molecule has 0 aliphatic carbocycles. The third kappa shape index (κ3) is 3.43. The Morgan fingerprint density at radius 3 is 2.63 bits per heavy atom. The van der Waals surface area contributed by atoms with Gasteiger partial charge in [-0.15, -0.1) is 0 Å². The summed E-state index contributed by atoms with van der Waals surface area (Å²) < 4.78 is 39.4. The SMILES string of the molecule is CC1NN2C(C3CCNCC3)=CC(=O)NC2C1c1cccc(C(F)(F)F)c1. The molecule has 3 heterocycles. The Hall–Kier alpha value is -2.06. The first-order valence-electron chi connectivity index (χ1n) is 9.30. The Kier molecular flexibility index (Phi) is 4.63. The van der Waals surface area contributed by atoms with Gasteiger partial charge in [0, 0.05) is 29.7 Å². The van der Waals surface area contributed by atoms with Gasteiger partial charge in [0.15, 0.2) is 0 Å². The molecule has 27 heavy (non-hydrogen) atoms. The van der Waals surface area contributed by atoms with Gasteiger partial charge in [0.05, 0.1) is 5.56 Å². The molecule has 3 N–H and O–H groups in total. The largest absolute Gasteiger partial charge is 0.416 e. The topological polar surface area (TPSA) is 56.4 Å². The zero-order valence-corrected chi connectivity index (χ0v) is 15.0. The number of amides is 1. The zero-order valence-electron chi connectivity index (χ0n) is 15.0. The number of benzene rings is 1. The Bertz CT molecular complexity index is 758. The van der Waals surface area contributed by atoms with Crippen LogP contribution in [0.3, 0.4) is 0 Å². The van der Waals surface area contributed by atoms with Gasteiger partial charge in [0.2, 0.25) is 5.91 Å². The molecule has 1 amide bonds. The predicted octanol–water partition coefficient (Wildman–Crippen LogP) is 2.34. The van der Waals surface area contributed by atoms with Crippen molar-refractivity contribution < 1.29 is 18.0 Å². The van der Waals surface area contributed by atoms with E-state index in [-0.39, 0.29) is 23.8 Å². The number of carbonyl (C=O) groups excluding carboxylic acids is 1. The number of carbonyl (C=O) groups is 1. The highest BCUT2D eigenvalue weighted by Crippen LogP contribution is 2.39. The lowest BCUT2D eigenvalue weighted by Crippen LogP contribution is -2.53. The summed E-state index contributed by atoms with van der Waals surface area (Å²) in [6.45, 7) is 3.74. The number of fused-ring (bicyclic) bond motifs is 1. The Morgan fingerprint density at radius 1 is 1.19 bits per heavy atom. The van der Waals surface area contributed by atoms with E-state index < -0.39 is 17.9 Å². The maximum Gasteiger partial charge on any atom is 0.416 e. The van der Waals surface area contributed by atoms with Crippen LogP contribution in [0.4, 0.5) is 13.2 Å². The number of rotatable bonds is 2. The second-order valence-electron chi connectivity index (χ2n) is 7.48. The third-order valence-electron chi connectivity index (χ3n) is 5.70. The molecule has 3 aliphatic heterocycles. The fourth-order valence-electron chi connectivity index (χ4n) is 4.42. The van der Waals surface area contributed by atoms with Crippen LogP contribution >= 0.6 is 0 Å². The number of alkyl halides is 3. The van der Waals surface area contributed by atoms with Crippen LogP contribution in [0.5, 0.6) is 0 Å². The number of nitrogens with one attached hydrogen (secondary N) is 3. The highest BCUT2D eigenvalue weighted by molar-refractivity contribution is 5.89. The molecular weight excluding hydrogens is 357 g/mol. The number of hydrazine groups is 1. The summed E-state index contributed by atoms with van der Waals surface area (Å²) in [5, 5.41) is 8.22. The van der Waals surface area contributed by atoms with Crippen LogP contribution in [0, 0.1) is 5.92 Å². The molecule has 2 saturated heterocycles. The molecule has 8 heteroatoms. The minimum absolute atomic E-state index is 0.109. The normalized spacial score (nSPS) is 29.3. The molecule has 0 radical (unpaired) electrons. The second kappa shape index (κ2) is 6.83. The Morgan fingerprint density at radius 2 is 1.93 bits per heavy atom. The summed E-state index contributed by atoms with van der Waals surface area (Å²) in [5.41, 5.74) is 4.22.